The third kappa shape index (κ3) is 4.15. The summed E-state index contributed by atoms with van der Waals surface area (Å²) in [5, 5.41) is 20.2. The van der Waals surface area contributed by atoms with E-state index < -0.39 is 6.10 Å². The van der Waals surface area contributed by atoms with Crippen molar-refractivity contribution in [1.29, 1.82) is 5.26 Å². The van der Waals surface area contributed by atoms with Crippen LogP contribution in [0.4, 0.5) is 5.69 Å². The summed E-state index contributed by atoms with van der Waals surface area (Å²) in [5.41, 5.74) is 4.34. The van der Waals surface area contributed by atoms with Crippen molar-refractivity contribution in [3.8, 4) is 11.8 Å². The fourth-order valence-corrected chi connectivity index (χ4v) is 5.69. The van der Waals surface area contributed by atoms with E-state index in [4.69, 9.17) is 9.47 Å². The minimum absolute atomic E-state index is 0.0825. The molecule has 2 fully saturated rings. The normalized spacial score (nSPS) is 20.0. The molecular formula is C27H29N3O5. The molecule has 8 nitrogen and oxygen atoms in total. The second-order valence-electron chi connectivity index (χ2n) is 9.85. The van der Waals surface area contributed by atoms with Crippen molar-refractivity contribution >= 4 is 17.6 Å². The predicted molar refractivity (Wildman–Crippen MR) is 128 cm³/mol. The number of esters is 1. The highest BCUT2D eigenvalue weighted by Gasteiger charge is 2.45. The Balaban J connectivity index is 1.23. The first kappa shape index (κ1) is 23.3. The van der Waals surface area contributed by atoms with Crippen LogP contribution in [0.25, 0.3) is 0 Å². The van der Waals surface area contributed by atoms with E-state index in [9.17, 15) is 20.0 Å². The number of carbonyl (C=O) groups is 2. The van der Waals surface area contributed by atoms with Gasteiger partial charge in [-0.25, -0.2) is 4.79 Å². The average Bonchev–Trinajstić information content (AvgIpc) is 3.40. The molecule has 0 saturated carbocycles. The Morgan fingerprint density at radius 1 is 1.23 bits per heavy atom. The van der Waals surface area contributed by atoms with Crippen LogP contribution >= 0.6 is 0 Å². The number of piperidine rings is 1. The summed E-state index contributed by atoms with van der Waals surface area (Å²) < 4.78 is 10.5. The quantitative estimate of drug-likeness (QED) is 0.663. The van der Waals surface area contributed by atoms with Crippen molar-refractivity contribution in [3.05, 3.63) is 58.1 Å². The Morgan fingerprint density at radius 2 is 2.00 bits per heavy atom. The number of ether oxygens (including phenoxy) is 2. The summed E-state index contributed by atoms with van der Waals surface area (Å²) in [6, 6.07) is 10.9. The smallest absolute Gasteiger partial charge is 0.338 e. The van der Waals surface area contributed by atoms with Crippen LogP contribution in [-0.4, -0.2) is 55.2 Å². The first-order valence-electron chi connectivity index (χ1n) is 11.9. The number of hydrogen-bond donors (Lipinski definition) is 1. The minimum atomic E-state index is -0.655. The molecule has 3 aliphatic rings. The van der Waals surface area contributed by atoms with Gasteiger partial charge < -0.3 is 24.4 Å². The van der Waals surface area contributed by atoms with Crippen molar-refractivity contribution in [2.24, 2.45) is 5.41 Å². The number of methoxy groups -OCH3 is 1. The molecule has 3 heterocycles. The topological polar surface area (TPSA) is 103 Å². The van der Waals surface area contributed by atoms with E-state index in [0.717, 1.165) is 48.3 Å². The highest BCUT2D eigenvalue weighted by atomic mass is 16.5. The third-order valence-electron chi connectivity index (χ3n) is 7.85. The van der Waals surface area contributed by atoms with Gasteiger partial charge in [0.1, 0.15) is 18.4 Å². The molecule has 1 spiro atoms. The lowest BCUT2D eigenvalue weighted by molar-refractivity contribution is -0.118. The van der Waals surface area contributed by atoms with E-state index in [1.807, 2.05) is 17.9 Å². The molecule has 0 bridgehead atoms. The lowest BCUT2D eigenvalue weighted by atomic mass is 9.77. The van der Waals surface area contributed by atoms with Gasteiger partial charge in [0, 0.05) is 36.8 Å². The zero-order chi connectivity index (χ0) is 24.7. The van der Waals surface area contributed by atoms with Gasteiger partial charge in [-0.15, -0.1) is 0 Å². The van der Waals surface area contributed by atoms with Gasteiger partial charge in [0.05, 0.1) is 24.3 Å². The number of nitriles is 1. The Morgan fingerprint density at radius 3 is 2.71 bits per heavy atom. The molecule has 1 unspecified atom stereocenters. The molecule has 8 heteroatoms. The molecule has 0 aromatic heterocycles. The zero-order valence-electron chi connectivity index (χ0n) is 20.0. The Labute approximate surface area is 204 Å². The number of hydrogen-bond acceptors (Lipinski definition) is 7. The molecule has 1 N–H and O–H groups in total. The number of nitrogens with zero attached hydrogens (tertiary/aromatic N) is 3. The zero-order valence-corrected chi connectivity index (χ0v) is 20.0. The highest BCUT2D eigenvalue weighted by molar-refractivity contribution is 5.96. The van der Waals surface area contributed by atoms with E-state index in [1.54, 1.807) is 24.3 Å². The summed E-state index contributed by atoms with van der Waals surface area (Å²) >= 11 is 0. The summed E-state index contributed by atoms with van der Waals surface area (Å²) in [6.45, 7) is 4.97. The minimum Gasteiger partial charge on any atom is -0.495 e. The molecule has 35 heavy (non-hydrogen) atoms. The van der Waals surface area contributed by atoms with Crippen molar-refractivity contribution < 1.29 is 24.2 Å². The van der Waals surface area contributed by atoms with Crippen LogP contribution in [-0.2, 0) is 16.1 Å². The number of β-amino-alcohol motifs (C(OH)–C–C–N with tert-alkyl or cyclic N) is 1. The van der Waals surface area contributed by atoms with Crippen LogP contribution in [0.5, 0.6) is 5.75 Å². The summed E-state index contributed by atoms with van der Waals surface area (Å²) in [6.07, 6.45) is 1.60. The first-order valence-corrected chi connectivity index (χ1v) is 11.9. The van der Waals surface area contributed by atoms with Crippen LogP contribution in [0.3, 0.4) is 0 Å². The maximum Gasteiger partial charge on any atom is 0.338 e. The lowest BCUT2D eigenvalue weighted by Crippen LogP contribution is -2.43. The maximum atomic E-state index is 12.9. The Bertz CT molecular complexity index is 1230. The van der Waals surface area contributed by atoms with E-state index in [2.05, 4.69) is 11.0 Å². The number of cyclic esters (lactones) is 1. The summed E-state index contributed by atoms with van der Waals surface area (Å²) in [4.78, 5) is 28.8. The lowest BCUT2D eigenvalue weighted by Gasteiger charge is -2.39. The molecule has 1 atom stereocenters. The molecule has 2 saturated heterocycles. The molecule has 2 aromatic rings. The predicted octanol–water partition coefficient (Wildman–Crippen LogP) is 3.10. The van der Waals surface area contributed by atoms with Gasteiger partial charge in [0.2, 0.25) is 5.91 Å². The molecule has 0 aliphatic carbocycles. The molecule has 2 aromatic carbocycles. The van der Waals surface area contributed by atoms with Crippen molar-refractivity contribution in [2.45, 2.75) is 38.9 Å². The van der Waals surface area contributed by atoms with Crippen molar-refractivity contribution in [3.63, 3.8) is 0 Å². The van der Waals surface area contributed by atoms with E-state index in [0.29, 0.717) is 36.4 Å². The molecule has 5 rings (SSSR count). The molecule has 0 radical (unpaired) electrons. The second kappa shape index (κ2) is 8.99. The number of rotatable bonds is 5. The van der Waals surface area contributed by atoms with Crippen molar-refractivity contribution in [2.75, 3.05) is 38.2 Å². The monoisotopic (exact) mass is 475 g/mol. The molecular weight excluding hydrogens is 446 g/mol. The molecule has 1 amide bonds. The van der Waals surface area contributed by atoms with Crippen LogP contribution in [0, 0.1) is 23.7 Å². The number of carbonyl (C=O) groups excluding carboxylic acids is 2. The van der Waals surface area contributed by atoms with Crippen LogP contribution in [0.1, 0.15) is 58.0 Å². The number of benzene rings is 2. The fourth-order valence-electron chi connectivity index (χ4n) is 5.69. The summed E-state index contributed by atoms with van der Waals surface area (Å²) in [7, 11) is 1.52. The van der Waals surface area contributed by atoms with Crippen LogP contribution in [0.15, 0.2) is 30.3 Å². The number of amides is 1. The van der Waals surface area contributed by atoms with Gasteiger partial charge in [-0.3, -0.25) is 4.79 Å². The van der Waals surface area contributed by atoms with Crippen LogP contribution in [0.2, 0.25) is 0 Å². The largest absolute Gasteiger partial charge is 0.495 e. The average molecular weight is 476 g/mol. The van der Waals surface area contributed by atoms with Crippen LogP contribution < -0.4 is 9.64 Å². The number of aliphatic hydroxyl groups excluding tert-OH is 1. The number of aliphatic hydroxyl groups is 1. The van der Waals surface area contributed by atoms with Gasteiger partial charge in [-0.05, 0) is 67.6 Å². The standard InChI is InChI=1S/C27H29N3O5/c1-17-20(5-6-21-22(17)15-35-26(21)33)23(31)14-29-9-7-27(8-10-29)12-25(32)30(16-27)19-4-3-18(13-28)24(11-19)34-2/h3-6,11,23,31H,7-10,12,14-16H2,1-2H3. The van der Waals surface area contributed by atoms with Crippen molar-refractivity contribution in [1.82, 2.24) is 4.90 Å². The Kier molecular flexibility index (Phi) is 5.99. The third-order valence-corrected chi connectivity index (χ3v) is 7.85. The molecule has 3 aliphatic heterocycles. The maximum absolute atomic E-state index is 12.9. The number of anilines is 1. The highest BCUT2D eigenvalue weighted by Crippen LogP contribution is 2.43. The van der Waals surface area contributed by atoms with Gasteiger partial charge >= 0.3 is 5.97 Å². The molecule has 182 valence electrons. The van der Waals surface area contributed by atoms with Gasteiger partial charge in [0.15, 0.2) is 0 Å². The second-order valence-corrected chi connectivity index (χ2v) is 9.85. The number of likely N-dealkylation sites (tertiary alicyclic amines) is 1. The van der Waals surface area contributed by atoms with Gasteiger partial charge in [-0.2, -0.15) is 5.26 Å². The first-order chi connectivity index (χ1) is 16.8. The SMILES string of the molecule is COc1cc(N2CC3(CCN(CC(O)c4ccc5c(c4C)COC5=O)CC3)CC2=O)ccc1C#N. The van der Waals surface area contributed by atoms with E-state index in [-0.39, 0.29) is 23.9 Å². The van der Waals surface area contributed by atoms with Gasteiger partial charge in [0.25, 0.3) is 0 Å². The fraction of sp³-hybridized carbons (Fsp3) is 0.444. The number of fused-ring (bicyclic) bond motifs is 1. The van der Waals surface area contributed by atoms with E-state index in [1.165, 1.54) is 7.11 Å². The summed E-state index contributed by atoms with van der Waals surface area (Å²) in [5.74, 6) is 0.265. The van der Waals surface area contributed by atoms with E-state index >= 15 is 0 Å². The van der Waals surface area contributed by atoms with Gasteiger partial charge in [-0.1, -0.05) is 6.07 Å². The Hall–Kier alpha value is -3.41.